The van der Waals surface area contributed by atoms with Gasteiger partial charge in [0.05, 0.1) is 10.5 Å². The highest BCUT2D eigenvalue weighted by Gasteiger charge is 2.50. The number of carbonyl (C=O) groups is 6. The van der Waals surface area contributed by atoms with Crippen molar-refractivity contribution >= 4 is 59.0 Å². The number of likely N-dealkylation sites (tertiary alicyclic amines) is 2. The monoisotopic (exact) mass is 903 g/mol. The smallest absolute Gasteiger partial charge is 0.242 e. The van der Waals surface area contributed by atoms with E-state index in [9.17, 15) is 28.8 Å². The SMILES string of the molecule is CCCC.CNC(=O)C1CCC(CN2C(=O)CC(SC(C[C@@H]3[C@H](C)[C@H](C)[C@@H]3C[C@@H](SC3CC(=O)N(CC4CCC(C(=O)NC)CC4)C3=O)[C@H](C)C(C)C)[C@H](C)C(C)C)C2=O)CC1. The Morgan fingerprint density at radius 3 is 1.18 bits per heavy atom. The van der Waals surface area contributed by atoms with Crippen LogP contribution in [0.3, 0.4) is 0 Å². The molecule has 10 atom stereocenters. The summed E-state index contributed by atoms with van der Waals surface area (Å²) in [5, 5.41) is 5.32. The number of rotatable bonds is 19. The molecular weight excluding hydrogens is 817 g/mol. The molecule has 0 aromatic heterocycles. The van der Waals surface area contributed by atoms with E-state index in [1.807, 2.05) is 0 Å². The van der Waals surface area contributed by atoms with Crippen LogP contribution in [0.15, 0.2) is 0 Å². The summed E-state index contributed by atoms with van der Waals surface area (Å²) in [7, 11) is 3.36. The van der Waals surface area contributed by atoms with Crippen LogP contribution in [0, 0.1) is 71.0 Å². The first-order valence-electron chi connectivity index (χ1n) is 24.8. The lowest BCUT2D eigenvalue weighted by molar-refractivity contribution is -0.140. The molecule has 2 saturated heterocycles. The minimum absolute atomic E-state index is 0.0271. The van der Waals surface area contributed by atoms with Crippen molar-refractivity contribution in [1.82, 2.24) is 20.4 Å². The fourth-order valence-electron chi connectivity index (χ4n) is 10.8. The summed E-state index contributed by atoms with van der Waals surface area (Å²) >= 11 is 3.51. The summed E-state index contributed by atoms with van der Waals surface area (Å²) in [6, 6.07) is 0. The molecule has 62 heavy (non-hydrogen) atoms. The van der Waals surface area contributed by atoms with Crippen LogP contribution in [0.5, 0.6) is 0 Å². The zero-order valence-electron chi connectivity index (χ0n) is 40.7. The van der Waals surface area contributed by atoms with E-state index in [1.165, 1.54) is 12.8 Å². The first-order valence-corrected chi connectivity index (χ1v) is 26.7. The minimum Gasteiger partial charge on any atom is -0.359 e. The third kappa shape index (κ3) is 13.3. The Labute approximate surface area is 384 Å². The Bertz CT molecular complexity index is 1400. The van der Waals surface area contributed by atoms with Crippen LogP contribution >= 0.6 is 23.5 Å². The van der Waals surface area contributed by atoms with E-state index in [0.717, 1.165) is 64.2 Å². The zero-order chi connectivity index (χ0) is 46.0. The van der Waals surface area contributed by atoms with Gasteiger partial charge in [-0.1, -0.05) is 82.1 Å². The standard InChI is InChI=1S/C46H76N4O6S2.C4H10/c1-25(2)27(5)37(57-39-21-41(51)49(45(39)55)23-31-11-15-33(16-12-31)43(53)47-9)19-35-29(7)30(8)36(35)20-38(28(6)26(3)4)58-40-22-42(52)50(46(40)56)24-32-13-17-34(18-14-32)44(54)48-10;1-3-4-2/h25-40H,11-24H2,1-10H3,(H,47,53)(H,48,54);3-4H2,1-2H3/t27-,28-,29-,30+,31?,32?,33?,34?,35-,36+,37?,38-,39?,40?;/m1./s1. The molecule has 354 valence electrons. The van der Waals surface area contributed by atoms with Crippen molar-refractivity contribution in [3.05, 3.63) is 0 Å². The molecule has 0 aromatic rings. The molecule has 5 aliphatic rings. The quantitative estimate of drug-likeness (QED) is 0.123. The van der Waals surface area contributed by atoms with Gasteiger partial charge in [-0.3, -0.25) is 38.6 Å². The lowest BCUT2D eigenvalue weighted by atomic mass is 9.54. The average Bonchev–Trinajstić information content (AvgIpc) is 3.69. The van der Waals surface area contributed by atoms with E-state index < -0.39 is 0 Å². The summed E-state index contributed by atoms with van der Waals surface area (Å²) in [4.78, 5) is 82.0. The molecule has 2 aliphatic heterocycles. The molecule has 2 N–H and O–H groups in total. The second-order valence-electron chi connectivity index (χ2n) is 20.8. The molecule has 12 heteroatoms. The zero-order valence-corrected chi connectivity index (χ0v) is 42.3. The highest BCUT2D eigenvalue weighted by molar-refractivity contribution is 8.01. The van der Waals surface area contributed by atoms with Crippen LogP contribution in [0.4, 0.5) is 0 Å². The number of nitrogens with zero attached hydrogens (tertiary/aromatic N) is 2. The molecule has 2 heterocycles. The van der Waals surface area contributed by atoms with Crippen LogP contribution in [0.2, 0.25) is 0 Å². The number of amides is 6. The van der Waals surface area contributed by atoms with Gasteiger partial charge >= 0.3 is 0 Å². The molecule has 5 fully saturated rings. The number of hydrogen-bond donors (Lipinski definition) is 2. The summed E-state index contributed by atoms with van der Waals surface area (Å²) in [6.07, 6.45) is 11.8. The van der Waals surface area contributed by atoms with E-state index in [0.29, 0.717) is 60.4 Å². The normalized spacial score (nSPS) is 32.3. The Morgan fingerprint density at radius 1 is 0.581 bits per heavy atom. The van der Waals surface area contributed by atoms with E-state index >= 15 is 0 Å². The number of carbonyl (C=O) groups excluding carboxylic acids is 6. The van der Waals surface area contributed by atoms with Gasteiger partial charge in [-0.2, -0.15) is 0 Å². The number of thioether (sulfide) groups is 2. The second-order valence-corrected chi connectivity index (χ2v) is 23.7. The third-order valence-electron chi connectivity index (χ3n) is 16.4. The molecule has 0 radical (unpaired) electrons. The molecule has 3 unspecified atom stereocenters. The first-order chi connectivity index (χ1) is 29.4. The van der Waals surface area contributed by atoms with Crippen LogP contribution in [-0.2, 0) is 28.8 Å². The number of nitrogens with one attached hydrogen (secondary N) is 2. The van der Waals surface area contributed by atoms with Crippen LogP contribution < -0.4 is 10.6 Å². The van der Waals surface area contributed by atoms with Crippen LogP contribution in [-0.4, -0.2) is 93.4 Å². The third-order valence-corrected chi connectivity index (χ3v) is 19.7. The minimum atomic E-state index is -0.351. The van der Waals surface area contributed by atoms with Gasteiger partial charge in [0.1, 0.15) is 0 Å². The highest BCUT2D eigenvalue weighted by atomic mass is 32.2. The van der Waals surface area contributed by atoms with Gasteiger partial charge in [0.15, 0.2) is 0 Å². The van der Waals surface area contributed by atoms with Crippen LogP contribution in [0.25, 0.3) is 0 Å². The first kappa shape index (κ1) is 52.5. The van der Waals surface area contributed by atoms with Crippen molar-refractivity contribution in [2.45, 2.75) is 180 Å². The molecule has 0 aromatic carbocycles. The lowest BCUT2D eigenvalue weighted by Crippen LogP contribution is -2.48. The predicted octanol–water partition coefficient (Wildman–Crippen LogP) is 9.24. The largest absolute Gasteiger partial charge is 0.359 e. The number of hydrogen-bond acceptors (Lipinski definition) is 8. The summed E-state index contributed by atoms with van der Waals surface area (Å²) in [5.74, 6) is 4.25. The molecule has 0 spiro atoms. The summed E-state index contributed by atoms with van der Waals surface area (Å²) < 4.78 is 0. The molecule has 3 aliphatic carbocycles. The Hall–Kier alpha value is -2.08. The van der Waals surface area contributed by atoms with Gasteiger partial charge in [0, 0.05) is 62.4 Å². The van der Waals surface area contributed by atoms with Crippen molar-refractivity contribution < 1.29 is 28.8 Å². The maximum absolute atomic E-state index is 13.9. The average molecular weight is 903 g/mol. The topological polar surface area (TPSA) is 133 Å². The molecule has 10 nitrogen and oxygen atoms in total. The molecule has 3 saturated carbocycles. The van der Waals surface area contributed by atoms with Gasteiger partial charge < -0.3 is 10.6 Å². The Morgan fingerprint density at radius 2 is 0.903 bits per heavy atom. The second kappa shape index (κ2) is 24.4. The Kier molecular flexibility index (Phi) is 20.7. The van der Waals surface area contributed by atoms with Gasteiger partial charge in [-0.15, -0.1) is 23.5 Å². The van der Waals surface area contributed by atoms with E-state index in [4.69, 9.17) is 0 Å². The maximum atomic E-state index is 13.9. The molecule has 5 rings (SSSR count). The van der Waals surface area contributed by atoms with Gasteiger partial charge in [0.25, 0.3) is 0 Å². The molecular formula is C50H86N4O6S2. The number of unbranched alkanes of at least 4 members (excludes halogenated alkanes) is 1. The van der Waals surface area contributed by atoms with Crippen molar-refractivity contribution in [1.29, 1.82) is 0 Å². The predicted molar refractivity (Wildman–Crippen MR) is 255 cm³/mol. The van der Waals surface area contributed by atoms with Crippen molar-refractivity contribution in [3.63, 3.8) is 0 Å². The van der Waals surface area contributed by atoms with E-state index in [-0.39, 0.29) is 93.0 Å². The lowest BCUT2D eigenvalue weighted by Gasteiger charge is -2.53. The fraction of sp³-hybridized carbons (Fsp3) is 0.880. The summed E-state index contributed by atoms with van der Waals surface area (Å²) in [6.45, 7) is 23.8. The molecule has 6 amide bonds. The van der Waals surface area contributed by atoms with Gasteiger partial charge in [-0.05, 0) is 123 Å². The number of imide groups is 2. The van der Waals surface area contributed by atoms with Crippen molar-refractivity contribution in [2.75, 3.05) is 27.2 Å². The van der Waals surface area contributed by atoms with Gasteiger partial charge in [0.2, 0.25) is 35.4 Å². The maximum Gasteiger partial charge on any atom is 0.242 e. The van der Waals surface area contributed by atoms with Gasteiger partial charge in [-0.25, -0.2) is 0 Å². The Balaban J connectivity index is 0.00000202. The fourth-order valence-corrected chi connectivity index (χ4v) is 14.4. The van der Waals surface area contributed by atoms with Crippen molar-refractivity contribution in [3.8, 4) is 0 Å². The summed E-state index contributed by atoms with van der Waals surface area (Å²) in [5.41, 5.74) is 0. The van der Waals surface area contributed by atoms with Crippen molar-refractivity contribution in [2.24, 2.45) is 71.0 Å². The van der Waals surface area contributed by atoms with E-state index in [2.05, 4.69) is 79.9 Å². The van der Waals surface area contributed by atoms with Crippen LogP contribution in [0.1, 0.15) is 159 Å². The highest BCUT2D eigenvalue weighted by Crippen LogP contribution is 2.55. The van der Waals surface area contributed by atoms with E-state index in [1.54, 1.807) is 47.4 Å². The molecule has 0 bridgehead atoms.